The van der Waals surface area contributed by atoms with Crippen LogP contribution in [0.5, 0.6) is 0 Å². The Hall–Kier alpha value is -0.740. The Morgan fingerprint density at radius 3 is 2.64 bits per heavy atom. The Morgan fingerprint density at radius 1 is 1.50 bits per heavy atom. The molecule has 5 heteroatoms. The van der Waals surface area contributed by atoms with Crippen LogP contribution >= 0.6 is 11.6 Å². The fraction of sp³-hybridized carbons (Fsp3) is 0.444. The molecule has 1 unspecified atom stereocenters. The molecule has 2 nitrogen and oxygen atoms in total. The van der Waals surface area contributed by atoms with Gasteiger partial charge in [0.2, 0.25) is 0 Å². The van der Waals surface area contributed by atoms with Crippen molar-refractivity contribution in [2.24, 2.45) is 5.73 Å². The number of nitrogens with zero attached hydrogens (tertiary/aromatic N) is 1. The van der Waals surface area contributed by atoms with E-state index in [-0.39, 0.29) is 6.42 Å². The van der Waals surface area contributed by atoms with Gasteiger partial charge >= 0.3 is 0 Å². The Labute approximate surface area is 86.1 Å². The Kier molecular flexibility index (Phi) is 3.77. The maximum absolute atomic E-state index is 12.1. The van der Waals surface area contributed by atoms with Crippen molar-refractivity contribution in [3.63, 3.8) is 0 Å². The molecule has 0 aliphatic carbocycles. The van der Waals surface area contributed by atoms with Gasteiger partial charge in [0.25, 0.3) is 6.43 Å². The summed E-state index contributed by atoms with van der Waals surface area (Å²) >= 11 is 5.67. The van der Waals surface area contributed by atoms with Gasteiger partial charge in [-0.2, -0.15) is 0 Å². The molecular weight excluding hydrogens is 210 g/mol. The van der Waals surface area contributed by atoms with Crippen LogP contribution in [0.2, 0.25) is 5.15 Å². The number of aryl methyl sites for hydroxylation is 1. The summed E-state index contributed by atoms with van der Waals surface area (Å²) in [5.74, 6) is 0. The molecule has 0 spiro atoms. The predicted octanol–water partition coefficient (Wildman–Crippen LogP) is 2.18. The first-order valence-electron chi connectivity index (χ1n) is 4.16. The van der Waals surface area contributed by atoms with Crippen LogP contribution in [0.4, 0.5) is 8.78 Å². The quantitative estimate of drug-likeness (QED) is 0.793. The van der Waals surface area contributed by atoms with Crippen LogP contribution in [0.25, 0.3) is 0 Å². The molecule has 0 amide bonds. The third kappa shape index (κ3) is 3.20. The highest BCUT2D eigenvalue weighted by molar-refractivity contribution is 6.29. The molecule has 78 valence electrons. The third-order valence-corrected chi connectivity index (χ3v) is 1.97. The second kappa shape index (κ2) is 4.66. The number of halogens is 3. The van der Waals surface area contributed by atoms with E-state index in [1.165, 1.54) is 0 Å². The summed E-state index contributed by atoms with van der Waals surface area (Å²) < 4.78 is 24.3. The van der Waals surface area contributed by atoms with E-state index >= 15 is 0 Å². The van der Waals surface area contributed by atoms with E-state index in [9.17, 15) is 8.78 Å². The Morgan fingerprint density at radius 2 is 2.14 bits per heavy atom. The zero-order valence-corrected chi connectivity index (χ0v) is 8.43. The molecule has 1 aromatic rings. The molecule has 0 saturated carbocycles. The minimum absolute atomic E-state index is 0.112. The van der Waals surface area contributed by atoms with Gasteiger partial charge in [-0.1, -0.05) is 11.6 Å². The Bertz CT molecular complexity index is 297. The topological polar surface area (TPSA) is 38.9 Å². The molecule has 0 aromatic carbocycles. The van der Waals surface area contributed by atoms with Gasteiger partial charge in [0.1, 0.15) is 5.15 Å². The van der Waals surface area contributed by atoms with Crippen LogP contribution in [0.1, 0.15) is 11.3 Å². The maximum Gasteiger partial charge on any atom is 0.253 e. The largest absolute Gasteiger partial charge is 0.323 e. The minimum Gasteiger partial charge on any atom is -0.323 e. The van der Waals surface area contributed by atoms with Crippen molar-refractivity contribution in [1.29, 1.82) is 0 Å². The predicted molar refractivity (Wildman–Crippen MR) is 51.7 cm³/mol. The van der Waals surface area contributed by atoms with Crippen LogP contribution < -0.4 is 5.73 Å². The fourth-order valence-corrected chi connectivity index (χ4v) is 1.45. The molecule has 0 aliphatic heterocycles. The summed E-state index contributed by atoms with van der Waals surface area (Å²) in [6, 6.07) is 2.11. The second-order valence-electron chi connectivity index (χ2n) is 3.14. The lowest BCUT2D eigenvalue weighted by molar-refractivity contribution is 0.116. The average molecular weight is 221 g/mol. The zero-order valence-electron chi connectivity index (χ0n) is 7.67. The van der Waals surface area contributed by atoms with Crippen molar-refractivity contribution in [3.05, 3.63) is 28.5 Å². The van der Waals surface area contributed by atoms with Gasteiger partial charge in [0.05, 0.1) is 6.04 Å². The summed E-state index contributed by atoms with van der Waals surface area (Å²) in [5.41, 5.74) is 6.63. The molecule has 0 fully saturated rings. The van der Waals surface area contributed by atoms with Crippen molar-refractivity contribution < 1.29 is 8.78 Å². The number of nitrogens with two attached hydrogens (primary N) is 1. The minimum atomic E-state index is -2.51. The van der Waals surface area contributed by atoms with Gasteiger partial charge in [-0.25, -0.2) is 13.8 Å². The molecular formula is C9H11ClF2N2. The first kappa shape index (κ1) is 11.3. The van der Waals surface area contributed by atoms with Crippen LogP contribution in [-0.4, -0.2) is 17.5 Å². The molecule has 14 heavy (non-hydrogen) atoms. The lowest BCUT2D eigenvalue weighted by atomic mass is 10.1. The normalized spacial score (nSPS) is 13.3. The van der Waals surface area contributed by atoms with Gasteiger partial charge in [-0.3, -0.25) is 0 Å². The van der Waals surface area contributed by atoms with Crippen LogP contribution in [-0.2, 0) is 6.42 Å². The molecule has 1 atom stereocenters. The van der Waals surface area contributed by atoms with E-state index in [0.29, 0.717) is 16.4 Å². The van der Waals surface area contributed by atoms with E-state index in [4.69, 9.17) is 17.3 Å². The smallest absolute Gasteiger partial charge is 0.253 e. The van der Waals surface area contributed by atoms with E-state index in [2.05, 4.69) is 4.98 Å². The SMILES string of the molecule is Cc1cc(CC(N)C(F)F)cc(Cl)n1. The van der Waals surface area contributed by atoms with Crippen molar-refractivity contribution in [2.75, 3.05) is 0 Å². The van der Waals surface area contributed by atoms with Crippen molar-refractivity contribution in [1.82, 2.24) is 4.98 Å². The number of hydrogen-bond acceptors (Lipinski definition) is 2. The van der Waals surface area contributed by atoms with E-state index in [1.54, 1.807) is 19.1 Å². The highest BCUT2D eigenvalue weighted by Crippen LogP contribution is 2.13. The van der Waals surface area contributed by atoms with Crippen molar-refractivity contribution >= 4 is 11.6 Å². The molecule has 1 aromatic heterocycles. The summed E-state index contributed by atoms with van der Waals surface area (Å²) in [5, 5.41) is 0.307. The van der Waals surface area contributed by atoms with Crippen LogP contribution in [0.15, 0.2) is 12.1 Å². The molecule has 1 rings (SSSR count). The molecule has 1 heterocycles. The Balaban J connectivity index is 2.76. The van der Waals surface area contributed by atoms with Gasteiger partial charge in [-0.15, -0.1) is 0 Å². The first-order valence-corrected chi connectivity index (χ1v) is 4.53. The lowest BCUT2D eigenvalue weighted by Gasteiger charge is -2.10. The standard InChI is InChI=1S/C9H11ClF2N2/c1-5-2-6(4-8(10)14-5)3-7(13)9(11)12/h2,4,7,9H,3,13H2,1H3. The number of rotatable bonds is 3. The highest BCUT2D eigenvalue weighted by Gasteiger charge is 2.15. The zero-order chi connectivity index (χ0) is 10.7. The number of aromatic nitrogens is 1. The monoisotopic (exact) mass is 220 g/mol. The fourth-order valence-electron chi connectivity index (χ4n) is 1.18. The highest BCUT2D eigenvalue weighted by atomic mass is 35.5. The van der Waals surface area contributed by atoms with Crippen molar-refractivity contribution in [2.45, 2.75) is 25.8 Å². The maximum atomic E-state index is 12.1. The van der Waals surface area contributed by atoms with Gasteiger partial charge < -0.3 is 5.73 Å². The average Bonchev–Trinajstić information content (AvgIpc) is 2.01. The van der Waals surface area contributed by atoms with E-state index in [0.717, 1.165) is 0 Å². The number of alkyl halides is 2. The van der Waals surface area contributed by atoms with Crippen LogP contribution in [0.3, 0.4) is 0 Å². The molecule has 2 N–H and O–H groups in total. The molecule has 0 radical (unpaired) electrons. The second-order valence-corrected chi connectivity index (χ2v) is 3.53. The van der Waals surface area contributed by atoms with E-state index < -0.39 is 12.5 Å². The number of hydrogen-bond donors (Lipinski definition) is 1. The summed E-state index contributed by atoms with van der Waals surface area (Å²) in [6.45, 7) is 1.75. The van der Waals surface area contributed by atoms with E-state index in [1.807, 2.05) is 0 Å². The van der Waals surface area contributed by atoms with Gasteiger partial charge in [0, 0.05) is 5.69 Å². The summed E-state index contributed by atoms with van der Waals surface area (Å²) in [7, 11) is 0. The molecule has 0 aliphatic rings. The van der Waals surface area contributed by atoms with Crippen LogP contribution in [0, 0.1) is 6.92 Å². The van der Waals surface area contributed by atoms with Gasteiger partial charge in [0.15, 0.2) is 0 Å². The number of pyridine rings is 1. The molecule has 0 saturated heterocycles. The third-order valence-electron chi connectivity index (χ3n) is 1.78. The summed E-state index contributed by atoms with van der Waals surface area (Å²) in [4.78, 5) is 3.92. The van der Waals surface area contributed by atoms with Gasteiger partial charge in [-0.05, 0) is 31.0 Å². The molecule has 0 bridgehead atoms. The van der Waals surface area contributed by atoms with Crippen molar-refractivity contribution in [3.8, 4) is 0 Å². The first-order chi connectivity index (χ1) is 6.49. The lowest BCUT2D eigenvalue weighted by Crippen LogP contribution is -2.30. The summed E-state index contributed by atoms with van der Waals surface area (Å²) in [6.07, 6.45) is -2.40.